The Morgan fingerprint density at radius 2 is 1.96 bits per heavy atom. The lowest BCUT2D eigenvalue weighted by molar-refractivity contribution is -0.136. The van der Waals surface area contributed by atoms with E-state index in [1.54, 1.807) is 14.2 Å². The van der Waals surface area contributed by atoms with E-state index in [1.165, 1.54) is 0 Å². The van der Waals surface area contributed by atoms with E-state index in [4.69, 9.17) is 14.2 Å². The average Bonchev–Trinajstić information content (AvgIpc) is 2.66. The predicted octanol–water partition coefficient (Wildman–Crippen LogP) is 3.72. The quantitative estimate of drug-likeness (QED) is 0.706. The van der Waals surface area contributed by atoms with Gasteiger partial charge in [-0.1, -0.05) is 19.9 Å². The van der Waals surface area contributed by atoms with Crippen LogP contribution in [0.15, 0.2) is 18.2 Å². The van der Waals surface area contributed by atoms with Crippen LogP contribution in [0, 0.1) is 11.8 Å². The highest BCUT2D eigenvalue weighted by Gasteiger charge is 2.32. The molecule has 0 saturated carbocycles. The fourth-order valence-corrected chi connectivity index (χ4v) is 3.74. The molecule has 1 fully saturated rings. The van der Waals surface area contributed by atoms with Gasteiger partial charge in [0.05, 0.1) is 26.7 Å². The molecule has 5 nitrogen and oxygen atoms in total. The van der Waals surface area contributed by atoms with Gasteiger partial charge in [-0.3, -0.25) is 4.79 Å². The molecule has 26 heavy (non-hydrogen) atoms. The van der Waals surface area contributed by atoms with Crippen molar-refractivity contribution in [1.29, 1.82) is 0 Å². The second-order valence-corrected chi connectivity index (χ2v) is 7.29. The van der Waals surface area contributed by atoms with Gasteiger partial charge in [-0.15, -0.1) is 0 Å². The van der Waals surface area contributed by atoms with E-state index in [0.717, 1.165) is 44.7 Å². The summed E-state index contributed by atoms with van der Waals surface area (Å²) in [5, 5.41) is 0. The van der Waals surface area contributed by atoms with Crippen LogP contribution in [-0.4, -0.2) is 51.3 Å². The molecule has 1 amide bonds. The van der Waals surface area contributed by atoms with Gasteiger partial charge in [0.25, 0.3) is 0 Å². The van der Waals surface area contributed by atoms with Crippen molar-refractivity contribution >= 4 is 5.91 Å². The monoisotopic (exact) mass is 363 g/mol. The highest BCUT2D eigenvalue weighted by molar-refractivity contribution is 5.84. The number of methoxy groups -OCH3 is 2. The number of likely N-dealkylation sites (tertiary alicyclic amines) is 1. The first kappa shape index (κ1) is 20.6. The molecule has 1 aromatic rings. The van der Waals surface area contributed by atoms with Crippen LogP contribution in [0.3, 0.4) is 0 Å². The molecule has 2 rings (SSSR count). The molecule has 146 valence electrons. The van der Waals surface area contributed by atoms with Crippen LogP contribution in [0.25, 0.3) is 0 Å². The minimum absolute atomic E-state index is 0.180. The molecule has 2 atom stereocenters. The van der Waals surface area contributed by atoms with E-state index in [-0.39, 0.29) is 17.7 Å². The number of hydrogen-bond donors (Lipinski definition) is 0. The zero-order valence-corrected chi connectivity index (χ0v) is 16.8. The van der Waals surface area contributed by atoms with Crippen molar-refractivity contribution in [3.8, 4) is 11.5 Å². The molecule has 1 aliphatic heterocycles. The number of carbonyl (C=O) groups excluding carboxylic acids is 1. The molecule has 2 unspecified atom stereocenters. The fourth-order valence-electron chi connectivity index (χ4n) is 3.74. The van der Waals surface area contributed by atoms with Crippen LogP contribution in [0.2, 0.25) is 0 Å². The third-order valence-electron chi connectivity index (χ3n) is 5.09. The van der Waals surface area contributed by atoms with Gasteiger partial charge in [0.1, 0.15) is 0 Å². The molecule has 1 aromatic carbocycles. The van der Waals surface area contributed by atoms with Crippen molar-refractivity contribution < 1.29 is 19.0 Å². The zero-order valence-electron chi connectivity index (χ0n) is 16.8. The van der Waals surface area contributed by atoms with E-state index in [9.17, 15) is 4.79 Å². The number of benzene rings is 1. The Morgan fingerprint density at radius 3 is 2.58 bits per heavy atom. The van der Waals surface area contributed by atoms with E-state index in [1.807, 2.05) is 30.0 Å². The minimum atomic E-state index is -0.180. The Balaban J connectivity index is 2.19. The Bertz CT molecular complexity index is 587. The van der Waals surface area contributed by atoms with E-state index in [0.29, 0.717) is 17.4 Å². The van der Waals surface area contributed by atoms with Crippen LogP contribution < -0.4 is 9.47 Å². The van der Waals surface area contributed by atoms with Crippen molar-refractivity contribution in [3.63, 3.8) is 0 Å². The molecule has 0 aromatic heterocycles. The number of nitrogens with zero attached hydrogens (tertiary/aromatic N) is 1. The number of ether oxygens (including phenoxy) is 3. The number of rotatable bonds is 8. The van der Waals surface area contributed by atoms with Gasteiger partial charge in [0, 0.05) is 19.7 Å². The third kappa shape index (κ3) is 4.91. The largest absolute Gasteiger partial charge is 0.493 e. The van der Waals surface area contributed by atoms with E-state index >= 15 is 0 Å². The second kappa shape index (κ2) is 9.81. The Morgan fingerprint density at radius 1 is 1.23 bits per heavy atom. The molecule has 1 aliphatic rings. The lowest BCUT2D eigenvalue weighted by Gasteiger charge is -2.36. The van der Waals surface area contributed by atoms with Crippen molar-refractivity contribution in [1.82, 2.24) is 4.90 Å². The second-order valence-electron chi connectivity index (χ2n) is 7.29. The van der Waals surface area contributed by atoms with Gasteiger partial charge in [0.15, 0.2) is 11.5 Å². The molecule has 1 heterocycles. The molecule has 0 radical (unpaired) electrons. The summed E-state index contributed by atoms with van der Waals surface area (Å²) in [5.41, 5.74) is 0.981. The maximum absolute atomic E-state index is 13.3. The topological polar surface area (TPSA) is 48.0 Å². The summed E-state index contributed by atoms with van der Waals surface area (Å²) in [6, 6.07) is 5.79. The van der Waals surface area contributed by atoms with Gasteiger partial charge in [-0.2, -0.15) is 0 Å². The first-order valence-electron chi connectivity index (χ1n) is 9.60. The number of amides is 1. The van der Waals surface area contributed by atoms with Crippen molar-refractivity contribution in [2.75, 3.05) is 40.5 Å². The Labute approximate surface area is 157 Å². The van der Waals surface area contributed by atoms with E-state index < -0.39 is 0 Å². The van der Waals surface area contributed by atoms with Gasteiger partial charge < -0.3 is 19.1 Å². The summed E-state index contributed by atoms with van der Waals surface area (Å²) in [5.74, 6) is 2.00. The van der Waals surface area contributed by atoms with Crippen LogP contribution >= 0.6 is 0 Å². The zero-order chi connectivity index (χ0) is 19.1. The maximum Gasteiger partial charge on any atom is 0.230 e. The standard InChI is InChI=1S/C21H33NO4/c1-6-26-14-16-8-7-11-22(13-16)21(23)20(15(2)3)17-9-10-18(24-4)19(12-17)25-5/h9-10,12,15-16,20H,6-8,11,13-14H2,1-5H3. The van der Waals surface area contributed by atoms with Gasteiger partial charge in [-0.05, 0) is 49.3 Å². The summed E-state index contributed by atoms with van der Waals surface area (Å²) >= 11 is 0. The first-order chi connectivity index (χ1) is 12.5. The van der Waals surface area contributed by atoms with E-state index in [2.05, 4.69) is 13.8 Å². The lowest BCUT2D eigenvalue weighted by Crippen LogP contribution is -2.44. The fraction of sp³-hybridized carbons (Fsp3) is 0.667. The maximum atomic E-state index is 13.3. The molecule has 0 bridgehead atoms. The molecule has 1 saturated heterocycles. The highest BCUT2D eigenvalue weighted by Crippen LogP contribution is 2.35. The molecular formula is C21H33NO4. The lowest BCUT2D eigenvalue weighted by atomic mass is 9.86. The van der Waals surface area contributed by atoms with Crippen molar-refractivity contribution in [2.24, 2.45) is 11.8 Å². The molecule has 0 N–H and O–H groups in total. The number of piperidine rings is 1. The Kier molecular flexibility index (Phi) is 7.76. The van der Waals surface area contributed by atoms with Gasteiger partial charge >= 0.3 is 0 Å². The van der Waals surface area contributed by atoms with Crippen molar-refractivity contribution in [2.45, 2.75) is 39.5 Å². The highest BCUT2D eigenvalue weighted by atomic mass is 16.5. The average molecular weight is 363 g/mol. The van der Waals surface area contributed by atoms with Gasteiger partial charge in [-0.25, -0.2) is 0 Å². The Hall–Kier alpha value is -1.75. The summed E-state index contributed by atoms with van der Waals surface area (Å²) in [6.45, 7) is 9.29. The molecule has 0 spiro atoms. The molecular weight excluding hydrogens is 330 g/mol. The third-order valence-corrected chi connectivity index (χ3v) is 5.09. The number of carbonyl (C=O) groups is 1. The molecule has 5 heteroatoms. The van der Waals surface area contributed by atoms with Crippen LogP contribution in [-0.2, 0) is 9.53 Å². The first-order valence-corrected chi connectivity index (χ1v) is 9.60. The number of hydrogen-bond acceptors (Lipinski definition) is 4. The summed E-state index contributed by atoms with van der Waals surface area (Å²) < 4.78 is 16.3. The van der Waals surface area contributed by atoms with Crippen LogP contribution in [0.1, 0.15) is 45.1 Å². The van der Waals surface area contributed by atoms with Gasteiger partial charge in [0.2, 0.25) is 5.91 Å². The minimum Gasteiger partial charge on any atom is -0.493 e. The van der Waals surface area contributed by atoms with Crippen LogP contribution in [0.5, 0.6) is 11.5 Å². The summed E-state index contributed by atoms with van der Waals surface area (Å²) in [4.78, 5) is 15.3. The van der Waals surface area contributed by atoms with Crippen LogP contribution in [0.4, 0.5) is 0 Å². The summed E-state index contributed by atoms with van der Waals surface area (Å²) in [6.07, 6.45) is 2.17. The predicted molar refractivity (Wildman–Crippen MR) is 103 cm³/mol. The smallest absolute Gasteiger partial charge is 0.230 e. The van der Waals surface area contributed by atoms with Crippen molar-refractivity contribution in [3.05, 3.63) is 23.8 Å². The SMILES string of the molecule is CCOCC1CCCN(C(=O)C(c2ccc(OC)c(OC)c2)C(C)C)C1. The summed E-state index contributed by atoms with van der Waals surface area (Å²) in [7, 11) is 3.24. The molecule has 0 aliphatic carbocycles. The normalized spacial score (nSPS) is 18.7.